The van der Waals surface area contributed by atoms with Gasteiger partial charge in [0, 0.05) is 18.0 Å². The Balaban J connectivity index is 2.07. The first kappa shape index (κ1) is 15.3. The Hall–Kier alpha value is -1.07. The van der Waals surface area contributed by atoms with Crippen LogP contribution < -0.4 is 5.73 Å². The average Bonchev–Trinajstić information content (AvgIpc) is 2.74. The van der Waals surface area contributed by atoms with Crippen molar-refractivity contribution >= 4 is 22.3 Å². The lowest BCUT2D eigenvalue weighted by Crippen LogP contribution is -2.31. The summed E-state index contributed by atoms with van der Waals surface area (Å²) in [6, 6.07) is 0. The Morgan fingerprint density at radius 1 is 1.40 bits per heavy atom. The van der Waals surface area contributed by atoms with Gasteiger partial charge in [0.15, 0.2) is 0 Å². The summed E-state index contributed by atoms with van der Waals surface area (Å²) in [6.45, 7) is 7.51. The molecule has 0 bridgehead atoms. The molecule has 4 nitrogen and oxygen atoms in total. The number of esters is 1. The fourth-order valence-electron chi connectivity index (χ4n) is 2.68. The summed E-state index contributed by atoms with van der Waals surface area (Å²) in [4.78, 5) is 15.7. The van der Waals surface area contributed by atoms with Gasteiger partial charge in [0.05, 0.1) is 12.2 Å². The summed E-state index contributed by atoms with van der Waals surface area (Å²) in [6.07, 6.45) is 4.68. The van der Waals surface area contributed by atoms with E-state index in [-0.39, 0.29) is 5.97 Å². The zero-order valence-electron chi connectivity index (χ0n) is 12.4. The van der Waals surface area contributed by atoms with Gasteiger partial charge in [-0.2, -0.15) is 0 Å². The van der Waals surface area contributed by atoms with Crippen LogP contribution in [0, 0.1) is 0 Å². The maximum absolute atomic E-state index is 12.0. The summed E-state index contributed by atoms with van der Waals surface area (Å²) in [5.41, 5.74) is 7.77. The van der Waals surface area contributed by atoms with Crippen molar-refractivity contribution in [3.8, 4) is 0 Å². The molecule has 2 N–H and O–H groups in total. The Morgan fingerprint density at radius 3 is 2.90 bits per heavy atom. The first-order chi connectivity index (χ1) is 9.67. The second kappa shape index (κ2) is 7.09. The maximum atomic E-state index is 12.0. The van der Waals surface area contributed by atoms with Crippen LogP contribution in [0.15, 0.2) is 0 Å². The minimum absolute atomic E-state index is 0.262. The van der Waals surface area contributed by atoms with Crippen molar-refractivity contribution in [1.82, 2.24) is 4.90 Å². The fraction of sp³-hybridized carbons (Fsp3) is 0.667. The van der Waals surface area contributed by atoms with E-state index in [1.807, 2.05) is 6.92 Å². The number of anilines is 1. The molecule has 0 fully saturated rings. The van der Waals surface area contributed by atoms with Crippen LogP contribution >= 0.6 is 11.3 Å². The van der Waals surface area contributed by atoms with Crippen molar-refractivity contribution in [2.24, 2.45) is 0 Å². The molecule has 1 aromatic rings. The van der Waals surface area contributed by atoms with Crippen molar-refractivity contribution in [1.29, 1.82) is 0 Å². The molecule has 112 valence electrons. The smallest absolute Gasteiger partial charge is 0.341 e. The number of nitrogens with two attached hydrogens (primary N) is 1. The molecule has 0 amide bonds. The van der Waals surface area contributed by atoms with Gasteiger partial charge in [-0.25, -0.2) is 4.79 Å². The van der Waals surface area contributed by atoms with Gasteiger partial charge in [0.2, 0.25) is 0 Å². The molecule has 0 aromatic carbocycles. The lowest BCUT2D eigenvalue weighted by Gasteiger charge is -2.26. The Labute approximate surface area is 124 Å². The van der Waals surface area contributed by atoms with Crippen LogP contribution in [0.25, 0.3) is 0 Å². The highest BCUT2D eigenvalue weighted by Gasteiger charge is 2.27. The van der Waals surface area contributed by atoms with Gasteiger partial charge in [-0.15, -0.1) is 11.3 Å². The van der Waals surface area contributed by atoms with Crippen LogP contribution in [0.1, 0.15) is 53.9 Å². The third-order valence-corrected chi connectivity index (χ3v) is 4.77. The van der Waals surface area contributed by atoms with E-state index in [1.54, 1.807) is 11.3 Å². The molecular formula is C15H24N2O2S. The van der Waals surface area contributed by atoms with E-state index in [9.17, 15) is 4.79 Å². The predicted octanol–water partition coefficient (Wildman–Crippen LogP) is 3.06. The number of nitrogens with zero attached hydrogens (tertiary/aromatic N) is 1. The highest BCUT2D eigenvalue weighted by atomic mass is 32.1. The third kappa shape index (κ3) is 3.33. The molecule has 0 radical (unpaired) electrons. The standard InChI is InChI=1S/C15H24N2O2S/c1-3-5-6-8-17-9-7-11-12(10-17)20-14(16)13(11)15(18)19-4-2/h3-10,16H2,1-2H3. The van der Waals surface area contributed by atoms with Gasteiger partial charge < -0.3 is 10.5 Å². The SMILES string of the molecule is CCCCCN1CCc2c(sc(N)c2C(=O)OCC)C1. The van der Waals surface area contributed by atoms with Gasteiger partial charge in [-0.05, 0) is 31.9 Å². The van der Waals surface area contributed by atoms with Gasteiger partial charge in [-0.3, -0.25) is 4.90 Å². The van der Waals surface area contributed by atoms with Crippen LogP contribution in [0.5, 0.6) is 0 Å². The van der Waals surface area contributed by atoms with Crippen LogP contribution in [0.3, 0.4) is 0 Å². The van der Waals surface area contributed by atoms with Crippen molar-refractivity contribution in [3.05, 3.63) is 16.0 Å². The molecule has 0 unspecified atom stereocenters. The third-order valence-electron chi connectivity index (χ3n) is 3.72. The van der Waals surface area contributed by atoms with Gasteiger partial charge in [-0.1, -0.05) is 19.8 Å². The molecule has 1 aliphatic heterocycles. The highest BCUT2D eigenvalue weighted by Crippen LogP contribution is 2.35. The van der Waals surface area contributed by atoms with E-state index < -0.39 is 0 Å². The Kier molecular flexibility index (Phi) is 5.43. The molecular weight excluding hydrogens is 272 g/mol. The van der Waals surface area contributed by atoms with Crippen molar-refractivity contribution < 1.29 is 9.53 Å². The maximum Gasteiger partial charge on any atom is 0.341 e. The van der Waals surface area contributed by atoms with Gasteiger partial charge in [0.25, 0.3) is 0 Å². The first-order valence-corrected chi connectivity index (χ1v) is 8.28. The first-order valence-electron chi connectivity index (χ1n) is 7.46. The van der Waals surface area contributed by atoms with E-state index in [1.165, 1.54) is 24.1 Å². The van der Waals surface area contributed by atoms with Crippen molar-refractivity contribution in [2.45, 2.75) is 46.1 Å². The van der Waals surface area contributed by atoms with E-state index >= 15 is 0 Å². The number of fused-ring (bicyclic) bond motifs is 1. The topological polar surface area (TPSA) is 55.6 Å². The quantitative estimate of drug-likeness (QED) is 0.647. The summed E-state index contributed by atoms with van der Waals surface area (Å²) in [5.74, 6) is -0.262. The largest absolute Gasteiger partial charge is 0.462 e. The molecule has 0 atom stereocenters. The number of nitrogen functional groups attached to an aromatic ring is 1. The lowest BCUT2D eigenvalue weighted by molar-refractivity contribution is 0.0526. The molecule has 1 aliphatic rings. The number of thiophene rings is 1. The van der Waals surface area contributed by atoms with Crippen molar-refractivity contribution in [2.75, 3.05) is 25.4 Å². The average molecular weight is 296 g/mol. The monoisotopic (exact) mass is 296 g/mol. The molecule has 20 heavy (non-hydrogen) atoms. The number of unbranched alkanes of at least 4 members (excludes halogenated alkanes) is 2. The molecule has 0 spiro atoms. The summed E-state index contributed by atoms with van der Waals surface area (Å²) in [5, 5.41) is 0.615. The van der Waals surface area contributed by atoms with E-state index in [4.69, 9.17) is 10.5 Å². The second-order valence-electron chi connectivity index (χ2n) is 5.20. The fourth-order valence-corrected chi connectivity index (χ4v) is 3.83. The normalized spacial score (nSPS) is 15.1. The lowest BCUT2D eigenvalue weighted by atomic mass is 10.0. The van der Waals surface area contributed by atoms with Crippen LogP contribution in [-0.2, 0) is 17.7 Å². The summed E-state index contributed by atoms with van der Waals surface area (Å²) in [7, 11) is 0. The van der Waals surface area contributed by atoms with Gasteiger partial charge in [0.1, 0.15) is 5.00 Å². The van der Waals surface area contributed by atoms with Crippen LogP contribution in [-0.4, -0.2) is 30.6 Å². The minimum atomic E-state index is -0.262. The number of carbonyl (C=O) groups is 1. The minimum Gasteiger partial charge on any atom is -0.462 e. The number of rotatable bonds is 6. The molecule has 0 saturated heterocycles. The van der Waals surface area contributed by atoms with E-state index in [2.05, 4.69) is 11.8 Å². The second-order valence-corrected chi connectivity index (χ2v) is 6.33. The summed E-state index contributed by atoms with van der Waals surface area (Å²) >= 11 is 1.55. The Bertz CT molecular complexity index is 471. The number of carbonyl (C=O) groups excluding carboxylic acids is 1. The van der Waals surface area contributed by atoms with Gasteiger partial charge >= 0.3 is 5.97 Å². The number of hydrogen-bond donors (Lipinski definition) is 1. The van der Waals surface area contributed by atoms with Crippen molar-refractivity contribution in [3.63, 3.8) is 0 Å². The number of hydrogen-bond acceptors (Lipinski definition) is 5. The number of ether oxygens (including phenoxy) is 1. The van der Waals surface area contributed by atoms with E-state index in [0.29, 0.717) is 17.2 Å². The van der Waals surface area contributed by atoms with Crippen LogP contribution in [0.2, 0.25) is 0 Å². The molecule has 5 heteroatoms. The zero-order valence-corrected chi connectivity index (χ0v) is 13.2. The molecule has 0 saturated carbocycles. The van der Waals surface area contributed by atoms with Crippen LogP contribution in [0.4, 0.5) is 5.00 Å². The molecule has 2 heterocycles. The zero-order chi connectivity index (χ0) is 14.5. The highest BCUT2D eigenvalue weighted by molar-refractivity contribution is 7.16. The Morgan fingerprint density at radius 2 is 2.20 bits per heavy atom. The predicted molar refractivity (Wildman–Crippen MR) is 83.2 cm³/mol. The molecule has 0 aliphatic carbocycles. The summed E-state index contributed by atoms with van der Waals surface area (Å²) < 4.78 is 5.11. The van der Waals surface area contributed by atoms with E-state index in [0.717, 1.165) is 31.6 Å². The molecule has 1 aromatic heterocycles. The molecule has 2 rings (SSSR count).